The number of likely N-dealkylation sites (N-methyl/N-ethyl adjacent to an activating group) is 4. The van der Waals surface area contributed by atoms with Gasteiger partial charge in [-0.2, -0.15) is 5.26 Å². The van der Waals surface area contributed by atoms with Gasteiger partial charge in [0.15, 0.2) is 17.3 Å². The predicted octanol–water partition coefficient (Wildman–Crippen LogP) is 1.25. The summed E-state index contributed by atoms with van der Waals surface area (Å²) < 4.78 is 104. The molecule has 0 aromatic heterocycles. The van der Waals surface area contributed by atoms with Crippen LogP contribution in [-0.4, -0.2) is 257 Å². The second-order valence-electron chi connectivity index (χ2n) is 30.7. The molecule has 1 aliphatic carbocycles. The van der Waals surface area contributed by atoms with Gasteiger partial charge in [0, 0.05) is 91.5 Å². The van der Waals surface area contributed by atoms with Crippen molar-refractivity contribution >= 4 is 149 Å². The molecule has 8 amide bonds. The summed E-state index contributed by atoms with van der Waals surface area (Å²) in [7, 11) is -7.03. The Hall–Kier alpha value is -10.5. The average molecular weight is 2060 g/mol. The molecule has 137 heavy (non-hydrogen) atoms. The molecular formula is C89H129N19O21P2S6. The standard InChI is InChI=1S/C29H31N3O6S.C21H32N6O5S.C20H33N5O5S.C12H18N2O3S.C7H15N3O2.P2S2/c1-20-12-14-21(15-13-20)17-30-27(33)11-6-16-39(36,37)32-28(34)18-31-29(35)38-19-26-24-9-4-2-7-22(24)23-8-3-5-10-25(23)26;1-16-5-7-17(8-6-16)13-26-20(29)4-3-11-33(31,32)27(10-9-22)21(30)15-25-14-19(28)18(12-23)24-2;1-15-6-8-16(9-7-15)11-24-19(27)5-4-10-31(29,30)25-20(28)14-23-13-18(26)17(22-3)12-21-2;1-10-4-6-11(7-5-10)9-14-12(15)3-2-8-18(13,16)17;1-9-6(4-8)7(12)5-10-2-3-11;3-1-2-4/h2-5,7-10,12-15,26H,6,11,16-19H2,1H3,(H,30,33)(H,31,35)(H,32,34);5-8,18,24-25H,3-4,10-15,23H2,1-2H3,(H,26,29);6-9,17,21-23H,4-5,10-14H2,1-3H3,(H,24,27)(H,25,28);4-7H,2-3,8-9H2,1H3,(H,14,15)(H2,13,16,17);3,6,9-10H,2,4-5,8H2,1H3;. The molecule has 3 atom stereocenters. The van der Waals surface area contributed by atoms with Crippen molar-refractivity contribution in [2.24, 2.45) is 16.6 Å². The topological polar surface area (TPSA) is 624 Å². The van der Waals surface area contributed by atoms with E-state index in [-0.39, 0.29) is 168 Å². The Bertz CT molecular complexity index is 5330. The van der Waals surface area contributed by atoms with Crippen LogP contribution in [0.5, 0.6) is 0 Å². The maximum absolute atomic E-state index is 12.6. The van der Waals surface area contributed by atoms with Gasteiger partial charge < -0.3 is 84.8 Å². The number of carbonyl (C=O) groups is 12. The first kappa shape index (κ1) is 123. The summed E-state index contributed by atoms with van der Waals surface area (Å²) in [6.45, 7) is 8.44. The van der Waals surface area contributed by atoms with Crippen LogP contribution in [-0.2, 0) is 147 Å². The molecule has 3 unspecified atom stereocenters. The lowest BCUT2D eigenvalue weighted by Gasteiger charge is -2.20. The number of benzene rings is 6. The Morgan fingerprint density at radius 1 is 0.453 bits per heavy atom. The number of alkyl carbamates (subject to hydrolysis) is 1. The zero-order valence-corrected chi connectivity index (χ0v) is 84.8. The van der Waals surface area contributed by atoms with Crippen LogP contribution in [0.15, 0.2) is 146 Å². The molecular weight excluding hydrogens is 1930 g/mol. The van der Waals surface area contributed by atoms with Gasteiger partial charge in [0.1, 0.15) is 26.0 Å². The van der Waals surface area contributed by atoms with E-state index in [9.17, 15) is 91.2 Å². The number of fused-ring (bicyclic) bond motifs is 3. The fourth-order valence-electron chi connectivity index (χ4n) is 12.2. The monoisotopic (exact) mass is 2050 g/mol. The van der Waals surface area contributed by atoms with Crippen LogP contribution in [0.2, 0.25) is 0 Å². The number of sulfonamides is 4. The molecule has 6 aromatic carbocycles. The van der Waals surface area contributed by atoms with Crippen LogP contribution in [0.25, 0.3) is 11.1 Å². The van der Waals surface area contributed by atoms with Gasteiger partial charge in [-0.1, -0.05) is 168 Å². The molecule has 752 valence electrons. The lowest BCUT2D eigenvalue weighted by molar-refractivity contribution is -0.126. The number of aldehydes is 1. The van der Waals surface area contributed by atoms with Gasteiger partial charge in [0.05, 0.1) is 86.5 Å². The third-order valence-electron chi connectivity index (χ3n) is 19.6. The molecule has 0 fully saturated rings. The van der Waals surface area contributed by atoms with Crippen molar-refractivity contribution in [2.75, 3.05) is 130 Å². The van der Waals surface area contributed by atoms with Gasteiger partial charge in [-0.3, -0.25) is 57.4 Å². The third kappa shape index (κ3) is 54.4. The van der Waals surface area contributed by atoms with Gasteiger partial charge in [-0.25, -0.2) is 47.9 Å². The Morgan fingerprint density at radius 2 is 0.796 bits per heavy atom. The molecule has 0 saturated heterocycles. The second kappa shape index (κ2) is 68.5. The smallest absolute Gasteiger partial charge is 0.407 e. The number of ether oxygens (including phenoxy) is 1. The number of hydrogen-bond donors (Lipinski definition) is 17. The average Bonchev–Trinajstić information content (AvgIpc) is 1.61. The maximum atomic E-state index is 12.6. The van der Waals surface area contributed by atoms with E-state index in [2.05, 4.69) is 87.4 Å². The Morgan fingerprint density at radius 3 is 1.14 bits per heavy atom. The molecule has 6 aromatic rings. The molecule has 20 N–H and O–H groups in total. The highest BCUT2D eigenvalue weighted by Gasteiger charge is 2.31. The third-order valence-corrected chi connectivity index (χ3v) is 27.7. The van der Waals surface area contributed by atoms with E-state index < -0.39 is 107 Å². The minimum atomic E-state index is -4.10. The van der Waals surface area contributed by atoms with Crippen molar-refractivity contribution in [1.82, 2.24) is 77.6 Å². The molecule has 40 nitrogen and oxygen atoms in total. The zero-order chi connectivity index (χ0) is 102. The van der Waals surface area contributed by atoms with Gasteiger partial charge in [-0.05, 0) is 150 Å². The quantitative estimate of drug-likeness (QED) is 0.0111. The normalized spacial score (nSPS) is 12.0. The summed E-state index contributed by atoms with van der Waals surface area (Å²) in [5.74, 6) is -5.50. The Labute approximate surface area is 816 Å². The lowest BCUT2D eigenvalue weighted by atomic mass is 9.98. The zero-order valence-electron chi connectivity index (χ0n) is 78.1. The van der Waals surface area contributed by atoms with Gasteiger partial charge in [-0.15, -0.1) is 0 Å². The minimum Gasteiger partial charge on any atom is -0.449 e. The lowest BCUT2D eigenvalue weighted by Crippen LogP contribution is -2.47. The number of carbonyl (C=O) groups excluding carboxylic acids is 12. The van der Waals surface area contributed by atoms with E-state index in [1.807, 2.05) is 183 Å². The minimum absolute atomic E-state index is 0.00103. The van der Waals surface area contributed by atoms with E-state index in [1.54, 1.807) is 34.3 Å². The first-order chi connectivity index (χ1) is 65.1. The summed E-state index contributed by atoms with van der Waals surface area (Å²) in [6.07, 6.45) is 0.411. The number of ketones is 3. The van der Waals surface area contributed by atoms with E-state index in [0.29, 0.717) is 43.3 Å². The molecule has 7 rings (SSSR count). The summed E-state index contributed by atoms with van der Waals surface area (Å²) in [4.78, 5) is 141. The summed E-state index contributed by atoms with van der Waals surface area (Å²) >= 11 is 8.82. The van der Waals surface area contributed by atoms with Crippen molar-refractivity contribution in [3.05, 3.63) is 201 Å². The highest BCUT2D eigenvalue weighted by molar-refractivity contribution is 8.40. The molecule has 0 heterocycles. The molecule has 48 heteroatoms. The number of nitriles is 1. The van der Waals surface area contributed by atoms with Crippen molar-refractivity contribution in [1.29, 1.82) is 5.26 Å². The van der Waals surface area contributed by atoms with Crippen LogP contribution in [0.3, 0.4) is 0 Å². The molecule has 0 radical (unpaired) electrons. The number of aryl methyl sites for hydroxylation is 4. The van der Waals surface area contributed by atoms with Gasteiger partial charge in [0.25, 0.3) is 11.8 Å². The molecule has 0 saturated carbocycles. The number of Topliss-reactive ketones (excluding diaryl/α,β-unsaturated/α-hetero) is 3. The van der Waals surface area contributed by atoms with Gasteiger partial charge in [0.2, 0.25) is 69.6 Å². The number of nitrogens with two attached hydrogens (primary N) is 3. The molecule has 0 aliphatic heterocycles. The van der Waals surface area contributed by atoms with E-state index >= 15 is 0 Å². The van der Waals surface area contributed by atoms with Crippen molar-refractivity contribution in [2.45, 2.75) is 129 Å². The van der Waals surface area contributed by atoms with Crippen molar-refractivity contribution in [3.63, 3.8) is 0 Å². The second-order valence-corrected chi connectivity index (χ2v) is 42.4. The van der Waals surface area contributed by atoms with Crippen LogP contribution in [0, 0.1) is 39.0 Å². The number of primary sulfonamides is 1. The first-order valence-electron chi connectivity index (χ1n) is 43.3. The number of nitrogens with one attached hydrogen (secondary N) is 14. The number of rotatable bonds is 55. The highest BCUT2D eigenvalue weighted by atomic mass is 32.7. The highest BCUT2D eigenvalue weighted by Crippen LogP contribution is 2.44. The summed E-state index contributed by atoms with van der Waals surface area (Å²) in [6, 6.07) is 47.1. The van der Waals surface area contributed by atoms with Crippen molar-refractivity contribution < 1.29 is 95.9 Å². The van der Waals surface area contributed by atoms with E-state index in [1.165, 1.54) is 5.56 Å². The van der Waals surface area contributed by atoms with Crippen LogP contribution >= 0.6 is 14.1 Å². The number of amides is 8. The molecule has 1 aliphatic rings. The molecule has 0 spiro atoms. The number of hydrogen-bond acceptors (Lipinski definition) is 33. The maximum Gasteiger partial charge on any atom is 0.407 e. The fraction of sp³-hybridized carbons (Fsp3) is 0.449. The summed E-state index contributed by atoms with van der Waals surface area (Å²) in [5, 5.41) is 46.1. The SMILES string of the molecule is CNC(CN)C(=O)CNCC(=O)N(CC#N)S(=O)(=O)CCCC(=O)NCc1ccc(C)cc1.CNC(CN)C(=O)CNCC=O.CNCC(NC)C(=O)CNCC(=O)NS(=O)(=O)CCCC(=O)NCc1ccc(C)cc1.Cc1ccc(CNC(=O)CCCS(=O)(=O)NC(=O)CNC(=O)OCC2c3ccccc3-c3ccccc32)cc1.Cc1ccc(CNC(=O)CCCS(N)(=O)=O)cc1.S=PP=S. The Balaban J connectivity index is 0.000000598. The van der Waals surface area contributed by atoms with Crippen LogP contribution in [0.4, 0.5) is 4.79 Å². The largest absolute Gasteiger partial charge is 0.449 e. The first-order valence-corrected chi connectivity index (χ1v) is 54.4. The van der Waals surface area contributed by atoms with E-state index in [4.69, 9.17) is 26.6 Å². The van der Waals surface area contributed by atoms with Crippen LogP contribution < -0.4 is 89.9 Å². The van der Waals surface area contributed by atoms with Crippen LogP contribution in [0.1, 0.15) is 113 Å². The summed E-state index contributed by atoms with van der Waals surface area (Å²) in [5.41, 5.74) is 23.4. The Kier molecular flexibility index (Phi) is 61.3. The fourth-order valence-corrected chi connectivity index (χ4v) is 16.2. The van der Waals surface area contributed by atoms with E-state index in [0.717, 1.165) is 75.3 Å². The predicted molar refractivity (Wildman–Crippen MR) is 534 cm³/mol. The molecule has 0 bridgehead atoms. The number of nitrogens with zero attached hydrogens (tertiary/aromatic N) is 2. The van der Waals surface area contributed by atoms with Crippen molar-refractivity contribution in [3.8, 4) is 17.2 Å². The van der Waals surface area contributed by atoms with Gasteiger partial charge >= 0.3 is 6.09 Å².